The van der Waals surface area contributed by atoms with Crippen LogP contribution in [0.3, 0.4) is 0 Å². The zero-order chi connectivity index (χ0) is 23.4. The average molecular weight is 442 g/mol. The van der Waals surface area contributed by atoms with Gasteiger partial charge in [0.25, 0.3) is 0 Å². The molecule has 1 amide bonds. The van der Waals surface area contributed by atoms with Crippen molar-refractivity contribution in [1.82, 2.24) is 4.98 Å². The van der Waals surface area contributed by atoms with Gasteiger partial charge in [0.15, 0.2) is 0 Å². The highest BCUT2D eigenvalue weighted by atomic mass is 19.1. The fraction of sp³-hybridized carbons (Fsp3) is 0.480. The Hall–Kier alpha value is -2.96. The van der Waals surface area contributed by atoms with E-state index in [-0.39, 0.29) is 24.2 Å². The molecule has 1 saturated carbocycles. The van der Waals surface area contributed by atoms with E-state index in [9.17, 15) is 19.1 Å². The first-order valence-corrected chi connectivity index (χ1v) is 11.2. The summed E-state index contributed by atoms with van der Waals surface area (Å²) in [4.78, 5) is 30.0. The van der Waals surface area contributed by atoms with E-state index in [1.807, 2.05) is 18.2 Å². The molecule has 1 aromatic heterocycles. The van der Waals surface area contributed by atoms with E-state index in [1.165, 1.54) is 12.3 Å². The second-order valence-electron chi connectivity index (χ2n) is 9.47. The first-order valence-electron chi connectivity index (χ1n) is 11.2. The number of nitrogens with zero attached hydrogens (tertiary/aromatic N) is 2. The van der Waals surface area contributed by atoms with Crippen molar-refractivity contribution in [3.8, 4) is 0 Å². The number of carboxylic acids is 1. The second-order valence-corrected chi connectivity index (χ2v) is 9.47. The minimum absolute atomic E-state index is 0.0258. The molecule has 3 rings (SSSR count). The first-order chi connectivity index (χ1) is 15.1. The van der Waals surface area contributed by atoms with Crippen LogP contribution in [0.15, 0.2) is 36.5 Å². The summed E-state index contributed by atoms with van der Waals surface area (Å²) in [7, 11) is 0. The maximum Gasteiger partial charge on any atom is 0.307 e. The van der Waals surface area contributed by atoms with E-state index in [1.54, 1.807) is 6.07 Å². The maximum atomic E-state index is 13.1. The molecule has 0 aliphatic heterocycles. The average Bonchev–Trinajstić information content (AvgIpc) is 3.50. The molecule has 1 aliphatic carbocycles. The minimum Gasteiger partial charge on any atom is -0.481 e. The van der Waals surface area contributed by atoms with Crippen molar-refractivity contribution in [3.63, 3.8) is 0 Å². The number of carbonyl (C=O) groups excluding carboxylic acids is 1. The third-order valence-electron chi connectivity index (χ3n) is 5.50. The molecule has 0 unspecified atom stereocenters. The molecule has 6 nitrogen and oxygen atoms in total. The summed E-state index contributed by atoms with van der Waals surface area (Å²) in [6.07, 6.45) is 2.05. The molecule has 32 heavy (non-hydrogen) atoms. The van der Waals surface area contributed by atoms with Crippen LogP contribution >= 0.6 is 0 Å². The molecule has 2 aromatic rings. The van der Waals surface area contributed by atoms with Crippen LogP contribution in [-0.2, 0) is 16.0 Å². The molecule has 0 bridgehead atoms. The lowest BCUT2D eigenvalue weighted by atomic mass is 10.0. The number of anilines is 2. The van der Waals surface area contributed by atoms with Crippen molar-refractivity contribution in [2.24, 2.45) is 17.8 Å². The fourth-order valence-corrected chi connectivity index (χ4v) is 4.04. The molecule has 2 N–H and O–H groups in total. The number of carbonyl (C=O) groups is 2. The summed E-state index contributed by atoms with van der Waals surface area (Å²) in [6.45, 7) is 10.3. The molecule has 1 aliphatic rings. The lowest BCUT2D eigenvalue weighted by molar-refractivity contribution is -0.138. The predicted octanol–water partition coefficient (Wildman–Crippen LogP) is 4.71. The number of carboxylic acid groups (broad SMARTS) is 1. The monoisotopic (exact) mass is 441 g/mol. The Labute approximate surface area is 188 Å². The molecule has 1 fully saturated rings. The predicted molar refractivity (Wildman–Crippen MR) is 123 cm³/mol. The molecule has 0 radical (unpaired) electrons. The molecule has 172 valence electrons. The largest absolute Gasteiger partial charge is 0.481 e. The lowest BCUT2D eigenvalue weighted by Gasteiger charge is -2.31. The Morgan fingerprint density at radius 3 is 2.38 bits per heavy atom. The summed E-state index contributed by atoms with van der Waals surface area (Å²) in [6, 6.07) is 8.67. The third-order valence-corrected chi connectivity index (χ3v) is 5.50. The van der Waals surface area contributed by atoms with Crippen LogP contribution in [-0.4, -0.2) is 35.1 Å². The highest BCUT2D eigenvalue weighted by molar-refractivity contribution is 5.96. The van der Waals surface area contributed by atoms with Crippen LogP contribution in [0.25, 0.3) is 0 Å². The van der Waals surface area contributed by atoms with E-state index in [0.717, 1.165) is 24.3 Å². The van der Waals surface area contributed by atoms with E-state index < -0.39 is 11.9 Å². The molecule has 1 heterocycles. The Morgan fingerprint density at radius 1 is 1.16 bits per heavy atom. The van der Waals surface area contributed by atoms with Crippen molar-refractivity contribution in [3.05, 3.63) is 53.6 Å². The zero-order valence-electron chi connectivity index (χ0n) is 19.1. The zero-order valence-corrected chi connectivity index (χ0v) is 19.1. The number of pyridine rings is 1. The normalized spacial score (nSPS) is 17.5. The van der Waals surface area contributed by atoms with Crippen LogP contribution in [0.2, 0.25) is 0 Å². The van der Waals surface area contributed by atoms with Gasteiger partial charge in [0, 0.05) is 19.3 Å². The van der Waals surface area contributed by atoms with Crippen LogP contribution < -0.4 is 10.2 Å². The fourth-order valence-electron chi connectivity index (χ4n) is 4.04. The number of aromatic nitrogens is 1. The standard InChI is InChI=1S/C25H32FN3O3/c1-15(2)13-29(14-16(3)4)22-7-6-18(19-11-20(19)25(31)32)10-21(22)28-24(30)9-17-5-8-23(26)27-12-17/h5-8,10,12,15-16,19-20H,9,11,13-14H2,1-4H3,(H,28,30)(H,31,32)/t19-,20-/m0/s1. The molecule has 2 atom stereocenters. The smallest absolute Gasteiger partial charge is 0.307 e. The van der Waals surface area contributed by atoms with Crippen molar-refractivity contribution in [2.45, 2.75) is 46.5 Å². The highest BCUT2D eigenvalue weighted by Gasteiger charge is 2.44. The number of benzene rings is 1. The van der Waals surface area contributed by atoms with Gasteiger partial charge in [0.05, 0.1) is 23.7 Å². The Kier molecular flexibility index (Phi) is 7.48. The number of nitrogens with one attached hydrogen (secondary N) is 1. The van der Waals surface area contributed by atoms with Gasteiger partial charge in [-0.2, -0.15) is 4.39 Å². The Bertz CT molecular complexity index is 949. The van der Waals surface area contributed by atoms with Gasteiger partial charge < -0.3 is 15.3 Å². The number of rotatable bonds is 10. The topological polar surface area (TPSA) is 82.5 Å². The van der Waals surface area contributed by atoms with E-state index >= 15 is 0 Å². The second kappa shape index (κ2) is 10.1. The maximum absolute atomic E-state index is 13.1. The third kappa shape index (κ3) is 6.28. The Morgan fingerprint density at radius 2 is 1.84 bits per heavy atom. The van der Waals surface area contributed by atoms with Gasteiger partial charge in [0.1, 0.15) is 0 Å². The van der Waals surface area contributed by atoms with Crippen LogP contribution in [0.5, 0.6) is 0 Å². The van der Waals surface area contributed by atoms with Gasteiger partial charge in [0.2, 0.25) is 11.9 Å². The van der Waals surface area contributed by atoms with Gasteiger partial charge in [-0.05, 0) is 53.5 Å². The van der Waals surface area contributed by atoms with Crippen molar-refractivity contribution in [1.29, 1.82) is 0 Å². The summed E-state index contributed by atoms with van der Waals surface area (Å²) < 4.78 is 13.1. The minimum atomic E-state index is -0.783. The van der Waals surface area contributed by atoms with E-state index in [0.29, 0.717) is 29.5 Å². The van der Waals surface area contributed by atoms with Crippen LogP contribution in [0.4, 0.5) is 15.8 Å². The quantitative estimate of drug-likeness (QED) is 0.522. The number of aliphatic carboxylic acids is 1. The Balaban J connectivity index is 1.88. The van der Waals surface area contributed by atoms with Gasteiger partial charge >= 0.3 is 5.97 Å². The van der Waals surface area contributed by atoms with Crippen molar-refractivity contribution >= 4 is 23.3 Å². The van der Waals surface area contributed by atoms with Crippen LogP contribution in [0.1, 0.15) is 51.2 Å². The number of hydrogen-bond acceptors (Lipinski definition) is 4. The van der Waals surface area contributed by atoms with Gasteiger partial charge in [-0.15, -0.1) is 0 Å². The molecule has 1 aromatic carbocycles. The highest BCUT2D eigenvalue weighted by Crippen LogP contribution is 2.49. The van der Waals surface area contributed by atoms with Gasteiger partial charge in [-0.1, -0.05) is 39.8 Å². The lowest BCUT2D eigenvalue weighted by Crippen LogP contribution is -2.32. The number of halogens is 1. The summed E-state index contributed by atoms with van der Waals surface area (Å²) in [5.41, 5.74) is 3.15. The van der Waals surface area contributed by atoms with Gasteiger partial charge in [-0.3, -0.25) is 9.59 Å². The molecule has 0 saturated heterocycles. The van der Waals surface area contributed by atoms with Gasteiger partial charge in [-0.25, -0.2) is 4.98 Å². The van der Waals surface area contributed by atoms with E-state index in [2.05, 4.69) is 42.9 Å². The summed E-state index contributed by atoms with van der Waals surface area (Å²) in [5, 5.41) is 12.3. The molecule has 7 heteroatoms. The number of amides is 1. The van der Waals surface area contributed by atoms with E-state index in [4.69, 9.17) is 0 Å². The summed E-state index contributed by atoms with van der Waals surface area (Å²) >= 11 is 0. The number of hydrogen-bond donors (Lipinski definition) is 2. The summed E-state index contributed by atoms with van der Waals surface area (Å²) in [5.74, 6) is -1.12. The van der Waals surface area contributed by atoms with Crippen molar-refractivity contribution in [2.75, 3.05) is 23.3 Å². The van der Waals surface area contributed by atoms with Crippen molar-refractivity contribution < 1.29 is 19.1 Å². The molecule has 0 spiro atoms. The SMILES string of the molecule is CC(C)CN(CC(C)C)c1ccc([C@@H]2C[C@@H]2C(=O)O)cc1NC(=O)Cc1ccc(F)nc1. The molecular weight excluding hydrogens is 409 g/mol. The van der Waals surface area contributed by atoms with Crippen LogP contribution in [0, 0.1) is 23.7 Å². The first kappa shape index (κ1) is 23.7. The molecular formula is C25H32FN3O3.